The summed E-state index contributed by atoms with van der Waals surface area (Å²) in [6.45, 7) is 2.95. The van der Waals surface area contributed by atoms with Crippen LogP contribution in [0, 0.1) is 0 Å². The van der Waals surface area contributed by atoms with Crippen LogP contribution in [0.25, 0.3) is 0 Å². The quantitative estimate of drug-likeness (QED) is 0.606. The highest BCUT2D eigenvalue weighted by atomic mass is 16.2. The second-order valence-corrected chi connectivity index (χ2v) is 3.40. The van der Waals surface area contributed by atoms with Crippen LogP contribution in [-0.2, 0) is 4.79 Å². The third kappa shape index (κ3) is 4.98. The van der Waals surface area contributed by atoms with Gasteiger partial charge >= 0.3 is 6.03 Å². The Labute approximate surface area is 99.6 Å². The van der Waals surface area contributed by atoms with Crippen LogP contribution in [-0.4, -0.2) is 25.0 Å². The predicted octanol–water partition coefficient (Wildman–Crippen LogP) is 0.725. The van der Waals surface area contributed by atoms with Crippen molar-refractivity contribution in [2.75, 3.05) is 23.7 Å². The number of carbonyl (C=O) groups excluding carboxylic acids is 2. The van der Waals surface area contributed by atoms with Crippen LogP contribution in [0.5, 0.6) is 0 Å². The van der Waals surface area contributed by atoms with E-state index < -0.39 is 6.03 Å². The number of amides is 3. The Morgan fingerprint density at radius 3 is 2.12 bits per heavy atom. The minimum absolute atomic E-state index is 0.109. The van der Waals surface area contributed by atoms with Crippen molar-refractivity contribution in [2.45, 2.75) is 6.92 Å². The van der Waals surface area contributed by atoms with Gasteiger partial charge in [0.2, 0.25) is 5.91 Å². The Hall–Kier alpha value is -2.08. The Balaban J connectivity index is 2.50. The molecule has 6 heteroatoms. The molecule has 0 aliphatic heterocycles. The lowest BCUT2D eigenvalue weighted by Gasteiger charge is -2.06. The highest BCUT2D eigenvalue weighted by Crippen LogP contribution is 2.12. The molecule has 1 aromatic rings. The van der Waals surface area contributed by atoms with Gasteiger partial charge in [-0.2, -0.15) is 0 Å². The smallest absolute Gasteiger partial charge is 0.316 e. The van der Waals surface area contributed by atoms with Gasteiger partial charge in [-0.15, -0.1) is 0 Å². The van der Waals surface area contributed by atoms with Crippen LogP contribution in [0.3, 0.4) is 0 Å². The van der Waals surface area contributed by atoms with Gasteiger partial charge in [0.25, 0.3) is 0 Å². The van der Waals surface area contributed by atoms with Gasteiger partial charge in [0.05, 0.1) is 6.54 Å². The zero-order chi connectivity index (χ0) is 12.7. The summed E-state index contributed by atoms with van der Waals surface area (Å²) in [7, 11) is 0. The second-order valence-electron chi connectivity index (χ2n) is 3.40. The zero-order valence-corrected chi connectivity index (χ0v) is 9.62. The first-order valence-corrected chi connectivity index (χ1v) is 5.29. The minimum atomic E-state index is -0.617. The first-order chi connectivity index (χ1) is 8.11. The Kier molecular flexibility index (Phi) is 4.96. The molecule has 3 amide bonds. The van der Waals surface area contributed by atoms with Crippen molar-refractivity contribution in [2.24, 2.45) is 5.73 Å². The van der Waals surface area contributed by atoms with Crippen molar-refractivity contribution in [3.8, 4) is 0 Å². The number of anilines is 2. The van der Waals surface area contributed by atoms with Gasteiger partial charge < -0.3 is 21.7 Å². The molecule has 0 aromatic heterocycles. The van der Waals surface area contributed by atoms with Gasteiger partial charge in [-0.3, -0.25) is 4.79 Å². The number of likely N-dealkylation sites (N-methyl/N-ethyl adjacent to an activating group) is 1. The summed E-state index contributed by atoms with van der Waals surface area (Å²) < 4.78 is 0. The highest BCUT2D eigenvalue weighted by molar-refractivity contribution is 5.93. The van der Waals surface area contributed by atoms with E-state index in [1.165, 1.54) is 0 Å². The molecule has 0 radical (unpaired) electrons. The molecule has 17 heavy (non-hydrogen) atoms. The molecule has 0 atom stereocenters. The van der Waals surface area contributed by atoms with Crippen LogP contribution in [0.1, 0.15) is 6.92 Å². The summed E-state index contributed by atoms with van der Waals surface area (Å²) in [5, 5.41) is 8.07. The molecule has 0 bridgehead atoms. The van der Waals surface area contributed by atoms with Gasteiger partial charge in [0.1, 0.15) is 0 Å². The van der Waals surface area contributed by atoms with Crippen LogP contribution >= 0.6 is 0 Å². The zero-order valence-electron chi connectivity index (χ0n) is 9.62. The lowest BCUT2D eigenvalue weighted by Crippen LogP contribution is -2.27. The molecule has 0 saturated carbocycles. The highest BCUT2D eigenvalue weighted by Gasteiger charge is 2.01. The summed E-state index contributed by atoms with van der Waals surface area (Å²) in [5.41, 5.74) is 6.22. The van der Waals surface area contributed by atoms with Gasteiger partial charge in [0, 0.05) is 11.4 Å². The summed E-state index contributed by atoms with van der Waals surface area (Å²) in [6.07, 6.45) is 0. The largest absolute Gasteiger partial charge is 0.351 e. The Morgan fingerprint density at radius 2 is 1.65 bits per heavy atom. The number of hydrogen-bond acceptors (Lipinski definition) is 3. The standard InChI is InChI=1S/C11H16N4O2/c1-2-13-7-10(16)14-8-3-5-9(6-4-8)15-11(12)17/h3-6,13H,2,7H2,1H3,(H,14,16)(H3,12,15,17). The van der Waals surface area contributed by atoms with Crippen LogP contribution in [0.4, 0.5) is 16.2 Å². The maximum atomic E-state index is 11.4. The normalized spacial score (nSPS) is 9.71. The first kappa shape index (κ1) is 13.0. The van der Waals surface area contributed by atoms with Crippen molar-refractivity contribution in [3.63, 3.8) is 0 Å². The number of urea groups is 1. The average Bonchev–Trinajstić information content (AvgIpc) is 2.28. The molecular weight excluding hydrogens is 220 g/mol. The topological polar surface area (TPSA) is 96.2 Å². The van der Waals surface area contributed by atoms with E-state index in [4.69, 9.17) is 5.73 Å². The van der Waals surface area contributed by atoms with Crippen molar-refractivity contribution < 1.29 is 9.59 Å². The second kappa shape index (κ2) is 6.49. The molecule has 1 aromatic carbocycles. The van der Waals surface area contributed by atoms with Crippen molar-refractivity contribution >= 4 is 23.3 Å². The fourth-order valence-corrected chi connectivity index (χ4v) is 1.22. The van der Waals surface area contributed by atoms with Gasteiger partial charge in [0.15, 0.2) is 0 Å². The van der Waals surface area contributed by atoms with Crippen LogP contribution in [0.2, 0.25) is 0 Å². The first-order valence-electron chi connectivity index (χ1n) is 5.29. The SMILES string of the molecule is CCNCC(=O)Nc1ccc(NC(N)=O)cc1. The fraction of sp³-hybridized carbons (Fsp3) is 0.273. The molecule has 0 unspecified atom stereocenters. The van der Waals surface area contributed by atoms with E-state index in [0.717, 1.165) is 6.54 Å². The summed E-state index contributed by atoms with van der Waals surface area (Å²) >= 11 is 0. The molecule has 0 spiro atoms. The number of rotatable bonds is 5. The van der Waals surface area contributed by atoms with E-state index in [2.05, 4.69) is 16.0 Å². The molecule has 5 N–H and O–H groups in total. The number of hydrogen-bond donors (Lipinski definition) is 4. The summed E-state index contributed by atoms with van der Waals surface area (Å²) in [6, 6.07) is 6.08. The monoisotopic (exact) mass is 236 g/mol. The van der Waals surface area contributed by atoms with Crippen LogP contribution < -0.4 is 21.7 Å². The number of nitrogens with one attached hydrogen (secondary N) is 3. The molecule has 92 valence electrons. The van der Waals surface area contributed by atoms with E-state index in [-0.39, 0.29) is 12.5 Å². The number of nitrogens with two attached hydrogens (primary N) is 1. The molecule has 0 saturated heterocycles. The van der Waals surface area contributed by atoms with E-state index in [0.29, 0.717) is 11.4 Å². The van der Waals surface area contributed by atoms with E-state index in [9.17, 15) is 9.59 Å². The summed E-state index contributed by atoms with van der Waals surface area (Å²) in [5.74, 6) is -0.109. The average molecular weight is 236 g/mol. The number of benzene rings is 1. The Bertz CT molecular complexity index is 389. The molecule has 1 rings (SSSR count). The molecule has 6 nitrogen and oxygen atoms in total. The van der Waals surface area contributed by atoms with Gasteiger partial charge in [-0.1, -0.05) is 6.92 Å². The predicted molar refractivity (Wildman–Crippen MR) is 66.8 cm³/mol. The molecule has 0 aliphatic rings. The van der Waals surface area contributed by atoms with E-state index >= 15 is 0 Å². The van der Waals surface area contributed by atoms with Crippen molar-refractivity contribution in [3.05, 3.63) is 24.3 Å². The van der Waals surface area contributed by atoms with Gasteiger partial charge in [-0.25, -0.2) is 4.79 Å². The molecule has 0 fully saturated rings. The minimum Gasteiger partial charge on any atom is -0.351 e. The van der Waals surface area contributed by atoms with Gasteiger partial charge in [-0.05, 0) is 30.8 Å². The molecule has 0 heterocycles. The molecule has 0 aliphatic carbocycles. The summed E-state index contributed by atoms with van der Waals surface area (Å²) in [4.78, 5) is 22.0. The third-order valence-electron chi connectivity index (χ3n) is 1.97. The van der Waals surface area contributed by atoms with Crippen molar-refractivity contribution in [1.29, 1.82) is 0 Å². The maximum Gasteiger partial charge on any atom is 0.316 e. The Morgan fingerprint density at radius 1 is 1.12 bits per heavy atom. The van der Waals surface area contributed by atoms with Crippen LogP contribution in [0.15, 0.2) is 24.3 Å². The number of carbonyl (C=O) groups is 2. The van der Waals surface area contributed by atoms with E-state index in [1.807, 2.05) is 6.92 Å². The van der Waals surface area contributed by atoms with Crippen molar-refractivity contribution in [1.82, 2.24) is 5.32 Å². The lowest BCUT2D eigenvalue weighted by atomic mass is 10.3. The maximum absolute atomic E-state index is 11.4. The molecular formula is C11H16N4O2. The van der Waals surface area contributed by atoms with E-state index in [1.54, 1.807) is 24.3 Å². The third-order valence-corrected chi connectivity index (χ3v) is 1.97. The number of primary amides is 1. The fourth-order valence-electron chi connectivity index (χ4n) is 1.22. The lowest BCUT2D eigenvalue weighted by molar-refractivity contribution is -0.115.